The summed E-state index contributed by atoms with van der Waals surface area (Å²) in [4.78, 5) is 34.9. The van der Waals surface area contributed by atoms with Crippen molar-refractivity contribution in [1.29, 1.82) is 0 Å². The third-order valence-corrected chi connectivity index (χ3v) is 2.88. The Balaban J connectivity index is 2.87. The van der Waals surface area contributed by atoms with Crippen molar-refractivity contribution in [1.82, 2.24) is 10.6 Å². The standard InChI is InChI=1S/C15H20N2O4/c1-4-8-16-12(18)10-6-5-7-11(9-10)13(19)17-15(2,3)14(20)21/h5-7,9H,4,8H2,1-3H3,(H,16,18)(H,17,19)(H,20,21). The monoisotopic (exact) mass is 292 g/mol. The molecule has 0 heterocycles. The summed E-state index contributed by atoms with van der Waals surface area (Å²) in [5.41, 5.74) is -0.768. The molecule has 0 atom stereocenters. The predicted molar refractivity (Wildman–Crippen MR) is 78.2 cm³/mol. The Bertz CT molecular complexity index is 552. The van der Waals surface area contributed by atoms with Gasteiger partial charge in [0.15, 0.2) is 0 Å². The molecule has 0 aliphatic carbocycles. The van der Waals surface area contributed by atoms with Gasteiger partial charge in [0, 0.05) is 17.7 Å². The van der Waals surface area contributed by atoms with Crippen molar-refractivity contribution in [3.05, 3.63) is 35.4 Å². The van der Waals surface area contributed by atoms with E-state index in [-0.39, 0.29) is 11.5 Å². The van der Waals surface area contributed by atoms with Gasteiger partial charge in [-0.1, -0.05) is 13.0 Å². The first-order chi connectivity index (χ1) is 9.77. The Morgan fingerprint density at radius 1 is 1.14 bits per heavy atom. The van der Waals surface area contributed by atoms with Gasteiger partial charge in [-0.3, -0.25) is 9.59 Å². The molecule has 114 valence electrons. The van der Waals surface area contributed by atoms with Gasteiger partial charge in [0.25, 0.3) is 11.8 Å². The fraction of sp³-hybridized carbons (Fsp3) is 0.400. The third kappa shape index (κ3) is 4.59. The molecule has 0 fully saturated rings. The Labute approximate surface area is 123 Å². The minimum atomic E-state index is -1.38. The first-order valence-corrected chi connectivity index (χ1v) is 6.72. The topological polar surface area (TPSA) is 95.5 Å². The van der Waals surface area contributed by atoms with Gasteiger partial charge in [-0.15, -0.1) is 0 Å². The average Bonchev–Trinajstić information content (AvgIpc) is 2.44. The van der Waals surface area contributed by atoms with Gasteiger partial charge in [0.2, 0.25) is 0 Å². The van der Waals surface area contributed by atoms with Crippen molar-refractivity contribution < 1.29 is 19.5 Å². The highest BCUT2D eigenvalue weighted by atomic mass is 16.4. The van der Waals surface area contributed by atoms with Crippen LogP contribution in [0.3, 0.4) is 0 Å². The number of amides is 2. The summed E-state index contributed by atoms with van der Waals surface area (Å²) in [6.45, 7) is 5.29. The molecule has 1 aromatic rings. The summed E-state index contributed by atoms with van der Waals surface area (Å²) in [5, 5.41) is 14.1. The van der Waals surface area contributed by atoms with E-state index in [1.54, 1.807) is 12.1 Å². The van der Waals surface area contributed by atoms with Crippen LogP contribution in [0.1, 0.15) is 47.9 Å². The Hall–Kier alpha value is -2.37. The van der Waals surface area contributed by atoms with E-state index in [0.717, 1.165) is 6.42 Å². The van der Waals surface area contributed by atoms with Gasteiger partial charge in [-0.05, 0) is 38.5 Å². The first-order valence-electron chi connectivity index (χ1n) is 6.72. The maximum atomic E-state index is 12.0. The number of carbonyl (C=O) groups is 3. The second-order valence-corrected chi connectivity index (χ2v) is 5.22. The van der Waals surface area contributed by atoms with E-state index in [9.17, 15) is 14.4 Å². The lowest BCUT2D eigenvalue weighted by molar-refractivity contribution is -0.143. The molecular weight excluding hydrogens is 272 g/mol. The molecule has 0 unspecified atom stereocenters. The zero-order valence-corrected chi connectivity index (χ0v) is 12.4. The van der Waals surface area contributed by atoms with Gasteiger partial charge in [-0.2, -0.15) is 0 Å². The van der Waals surface area contributed by atoms with Crippen molar-refractivity contribution in [2.24, 2.45) is 0 Å². The van der Waals surface area contributed by atoms with Crippen LogP contribution < -0.4 is 10.6 Å². The van der Waals surface area contributed by atoms with Crippen LogP contribution in [0.2, 0.25) is 0 Å². The van der Waals surface area contributed by atoms with Crippen LogP contribution >= 0.6 is 0 Å². The predicted octanol–water partition coefficient (Wildman–Crippen LogP) is 1.42. The summed E-state index contributed by atoms with van der Waals surface area (Å²) in [6, 6.07) is 6.16. The summed E-state index contributed by atoms with van der Waals surface area (Å²) in [5.74, 6) is -1.93. The lowest BCUT2D eigenvalue weighted by Crippen LogP contribution is -2.49. The highest BCUT2D eigenvalue weighted by Gasteiger charge is 2.29. The Kier molecular flexibility index (Phi) is 5.46. The van der Waals surface area contributed by atoms with E-state index in [1.807, 2.05) is 6.92 Å². The number of carboxylic acid groups (broad SMARTS) is 1. The highest BCUT2D eigenvalue weighted by molar-refractivity contribution is 6.01. The molecule has 1 rings (SSSR count). The lowest BCUT2D eigenvalue weighted by Gasteiger charge is -2.21. The fourth-order valence-electron chi connectivity index (χ4n) is 1.55. The molecule has 0 aromatic heterocycles. The quantitative estimate of drug-likeness (QED) is 0.739. The lowest BCUT2D eigenvalue weighted by atomic mass is 10.0. The number of carbonyl (C=O) groups excluding carboxylic acids is 2. The molecule has 21 heavy (non-hydrogen) atoms. The number of hydrogen-bond donors (Lipinski definition) is 3. The van der Waals surface area contributed by atoms with Crippen LogP contribution in [0.4, 0.5) is 0 Å². The van der Waals surface area contributed by atoms with E-state index >= 15 is 0 Å². The molecule has 3 N–H and O–H groups in total. The Morgan fingerprint density at radius 3 is 2.24 bits per heavy atom. The summed E-state index contributed by atoms with van der Waals surface area (Å²) >= 11 is 0. The van der Waals surface area contributed by atoms with Crippen LogP contribution in [0.5, 0.6) is 0 Å². The molecule has 1 aromatic carbocycles. The van der Waals surface area contributed by atoms with Gasteiger partial charge in [0.05, 0.1) is 0 Å². The number of aliphatic carboxylic acids is 1. The number of carboxylic acids is 1. The van der Waals surface area contributed by atoms with Gasteiger partial charge >= 0.3 is 5.97 Å². The zero-order chi connectivity index (χ0) is 16.0. The molecule has 0 bridgehead atoms. The minimum Gasteiger partial charge on any atom is -0.480 e. The van der Waals surface area contributed by atoms with Crippen LogP contribution in [-0.4, -0.2) is 35.0 Å². The molecule has 0 saturated carbocycles. The molecule has 0 aliphatic heterocycles. The summed E-state index contributed by atoms with van der Waals surface area (Å²) in [7, 11) is 0. The molecule has 6 nitrogen and oxygen atoms in total. The Morgan fingerprint density at radius 2 is 1.71 bits per heavy atom. The van der Waals surface area contributed by atoms with Gasteiger partial charge in [0.1, 0.15) is 5.54 Å². The van der Waals surface area contributed by atoms with Crippen molar-refractivity contribution in [3.63, 3.8) is 0 Å². The first kappa shape index (κ1) is 16.7. The highest BCUT2D eigenvalue weighted by Crippen LogP contribution is 2.09. The van der Waals surface area contributed by atoms with Gasteiger partial charge < -0.3 is 15.7 Å². The maximum absolute atomic E-state index is 12.0. The molecule has 2 amide bonds. The molecule has 0 radical (unpaired) electrons. The van der Waals surface area contributed by atoms with E-state index < -0.39 is 17.4 Å². The second-order valence-electron chi connectivity index (χ2n) is 5.22. The van der Waals surface area contributed by atoms with Crippen molar-refractivity contribution in [3.8, 4) is 0 Å². The molecule has 0 spiro atoms. The third-order valence-electron chi connectivity index (χ3n) is 2.88. The molecule has 6 heteroatoms. The number of hydrogen-bond acceptors (Lipinski definition) is 3. The fourth-order valence-corrected chi connectivity index (χ4v) is 1.55. The van der Waals surface area contributed by atoms with Crippen LogP contribution in [-0.2, 0) is 4.79 Å². The summed E-state index contributed by atoms with van der Waals surface area (Å²) < 4.78 is 0. The largest absolute Gasteiger partial charge is 0.480 e. The van der Waals surface area contributed by atoms with Crippen molar-refractivity contribution in [2.75, 3.05) is 6.54 Å². The SMILES string of the molecule is CCCNC(=O)c1cccc(C(=O)NC(C)(C)C(=O)O)c1. The van der Waals surface area contributed by atoms with E-state index in [4.69, 9.17) is 5.11 Å². The van der Waals surface area contributed by atoms with E-state index in [0.29, 0.717) is 12.1 Å². The molecule has 0 aliphatic rings. The van der Waals surface area contributed by atoms with Crippen LogP contribution in [0.15, 0.2) is 24.3 Å². The number of rotatable bonds is 6. The number of nitrogens with one attached hydrogen (secondary N) is 2. The summed E-state index contributed by atoms with van der Waals surface area (Å²) in [6.07, 6.45) is 0.818. The molecular formula is C15H20N2O4. The normalized spacial score (nSPS) is 10.8. The molecule has 0 saturated heterocycles. The van der Waals surface area contributed by atoms with Crippen molar-refractivity contribution in [2.45, 2.75) is 32.7 Å². The smallest absolute Gasteiger partial charge is 0.328 e. The number of benzene rings is 1. The zero-order valence-electron chi connectivity index (χ0n) is 12.4. The van der Waals surface area contributed by atoms with Gasteiger partial charge in [-0.25, -0.2) is 4.79 Å². The van der Waals surface area contributed by atoms with E-state index in [1.165, 1.54) is 26.0 Å². The van der Waals surface area contributed by atoms with Crippen LogP contribution in [0.25, 0.3) is 0 Å². The van der Waals surface area contributed by atoms with Crippen molar-refractivity contribution >= 4 is 17.8 Å². The van der Waals surface area contributed by atoms with Crippen LogP contribution in [0, 0.1) is 0 Å². The minimum absolute atomic E-state index is 0.244. The maximum Gasteiger partial charge on any atom is 0.328 e. The van der Waals surface area contributed by atoms with E-state index in [2.05, 4.69) is 10.6 Å². The second kappa shape index (κ2) is 6.88. The average molecular weight is 292 g/mol.